The molecular formula is C13H15FO3. The van der Waals surface area contributed by atoms with E-state index in [9.17, 15) is 4.39 Å². The van der Waals surface area contributed by atoms with Crippen molar-refractivity contribution in [2.45, 2.75) is 5.60 Å². The molecule has 0 aromatic heterocycles. The molecular weight excluding hydrogens is 223 g/mol. The van der Waals surface area contributed by atoms with Crippen molar-refractivity contribution in [2.75, 3.05) is 27.4 Å². The Balaban J connectivity index is 2.30. The van der Waals surface area contributed by atoms with Crippen molar-refractivity contribution >= 4 is 6.08 Å². The van der Waals surface area contributed by atoms with Crippen LogP contribution in [0.15, 0.2) is 24.3 Å². The van der Waals surface area contributed by atoms with Gasteiger partial charge < -0.3 is 14.2 Å². The summed E-state index contributed by atoms with van der Waals surface area (Å²) >= 11 is 0. The summed E-state index contributed by atoms with van der Waals surface area (Å²) in [6, 6.07) is 4.44. The largest absolute Gasteiger partial charge is 0.478 e. The number of hydrogen-bond acceptors (Lipinski definition) is 3. The Kier molecular flexibility index (Phi) is 3.45. The number of rotatable bonds is 4. The van der Waals surface area contributed by atoms with Crippen molar-refractivity contribution < 1.29 is 18.6 Å². The Morgan fingerprint density at radius 3 is 2.59 bits per heavy atom. The Hall–Kier alpha value is -1.39. The first kappa shape index (κ1) is 12.1. The maximum Gasteiger partial charge on any atom is 0.174 e. The highest BCUT2D eigenvalue weighted by Gasteiger charge is 2.33. The van der Waals surface area contributed by atoms with Gasteiger partial charge in [0.1, 0.15) is 11.6 Å². The van der Waals surface area contributed by atoms with Gasteiger partial charge in [-0.05, 0) is 24.3 Å². The molecule has 4 heteroatoms. The summed E-state index contributed by atoms with van der Waals surface area (Å²) in [7, 11) is 3.21. The van der Waals surface area contributed by atoms with Gasteiger partial charge in [0.15, 0.2) is 5.60 Å². The number of halogens is 1. The lowest BCUT2D eigenvalue weighted by Gasteiger charge is -2.33. The molecule has 0 amide bonds. The van der Waals surface area contributed by atoms with Crippen LogP contribution in [0, 0.1) is 5.82 Å². The van der Waals surface area contributed by atoms with E-state index in [2.05, 4.69) is 0 Å². The average Bonchev–Trinajstić information content (AvgIpc) is 2.30. The molecule has 0 N–H and O–H groups in total. The van der Waals surface area contributed by atoms with Gasteiger partial charge in [-0.25, -0.2) is 4.39 Å². The SMILES string of the molecule is COCC1(COC)C=Cc2cc(F)ccc2O1. The molecule has 1 aromatic rings. The molecule has 0 saturated carbocycles. The smallest absolute Gasteiger partial charge is 0.174 e. The molecule has 3 nitrogen and oxygen atoms in total. The van der Waals surface area contributed by atoms with Crippen LogP contribution in [0.3, 0.4) is 0 Å². The Bertz CT molecular complexity index is 423. The summed E-state index contributed by atoms with van der Waals surface area (Å²) in [6.45, 7) is 0.766. The Morgan fingerprint density at radius 1 is 1.24 bits per heavy atom. The molecule has 0 radical (unpaired) electrons. The fourth-order valence-electron chi connectivity index (χ4n) is 1.92. The van der Waals surface area contributed by atoms with E-state index >= 15 is 0 Å². The zero-order chi connectivity index (χ0) is 12.3. The molecule has 0 atom stereocenters. The molecule has 1 heterocycles. The van der Waals surface area contributed by atoms with E-state index in [1.807, 2.05) is 12.2 Å². The van der Waals surface area contributed by atoms with Crippen molar-refractivity contribution in [3.63, 3.8) is 0 Å². The minimum Gasteiger partial charge on any atom is -0.478 e. The monoisotopic (exact) mass is 238 g/mol. The fourth-order valence-corrected chi connectivity index (χ4v) is 1.92. The van der Waals surface area contributed by atoms with E-state index in [-0.39, 0.29) is 5.82 Å². The molecule has 1 aliphatic rings. The summed E-state index contributed by atoms with van der Waals surface area (Å²) in [4.78, 5) is 0. The standard InChI is InChI=1S/C13H15FO3/c1-15-8-13(9-16-2)6-5-10-7-11(14)3-4-12(10)17-13/h3-7H,8-9H2,1-2H3. The van der Waals surface area contributed by atoms with Gasteiger partial charge in [-0.1, -0.05) is 6.08 Å². The normalized spacial score (nSPS) is 16.4. The van der Waals surface area contributed by atoms with Gasteiger partial charge in [-0.2, -0.15) is 0 Å². The van der Waals surface area contributed by atoms with Crippen LogP contribution in [-0.2, 0) is 9.47 Å². The summed E-state index contributed by atoms with van der Waals surface area (Å²) in [5.41, 5.74) is 0.0988. The van der Waals surface area contributed by atoms with Crippen LogP contribution in [0.2, 0.25) is 0 Å². The maximum absolute atomic E-state index is 13.0. The highest BCUT2D eigenvalue weighted by Crippen LogP contribution is 2.31. The molecule has 2 rings (SSSR count). The molecule has 0 bridgehead atoms. The topological polar surface area (TPSA) is 27.7 Å². The van der Waals surface area contributed by atoms with Crippen LogP contribution in [0.25, 0.3) is 6.08 Å². The zero-order valence-corrected chi connectivity index (χ0v) is 9.90. The van der Waals surface area contributed by atoms with Crippen molar-refractivity contribution in [3.8, 4) is 5.75 Å². The van der Waals surface area contributed by atoms with Crippen LogP contribution in [0.1, 0.15) is 5.56 Å². The first-order valence-electron chi connectivity index (χ1n) is 5.35. The van der Waals surface area contributed by atoms with Crippen molar-refractivity contribution in [3.05, 3.63) is 35.7 Å². The summed E-state index contributed by atoms with van der Waals surface area (Å²) in [5.74, 6) is 0.367. The molecule has 0 aliphatic carbocycles. The number of hydrogen-bond donors (Lipinski definition) is 0. The number of fused-ring (bicyclic) bond motifs is 1. The Morgan fingerprint density at radius 2 is 1.94 bits per heavy atom. The highest BCUT2D eigenvalue weighted by atomic mass is 19.1. The molecule has 92 valence electrons. The third-order valence-corrected chi connectivity index (χ3v) is 2.63. The minimum absolute atomic E-state index is 0.275. The third kappa shape index (κ3) is 2.48. The zero-order valence-electron chi connectivity index (χ0n) is 9.90. The summed E-state index contributed by atoms with van der Waals surface area (Å²) in [6.07, 6.45) is 3.68. The van der Waals surface area contributed by atoms with Gasteiger partial charge >= 0.3 is 0 Å². The lowest BCUT2D eigenvalue weighted by atomic mass is 10.00. The summed E-state index contributed by atoms with van der Waals surface area (Å²) in [5, 5.41) is 0. The van der Waals surface area contributed by atoms with Gasteiger partial charge in [0, 0.05) is 19.8 Å². The van der Waals surface area contributed by atoms with Crippen LogP contribution < -0.4 is 4.74 Å². The van der Waals surface area contributed by atoms with E-state index < -0.39 is 5.60 Å². The van der Waals surface area contributed by atoms with E-state index in [0.717, 1.165) is 5.56 Å². The Labute approximate surface area is 99.8 Å². The van der Waals surface area contributed by atoms with Gasteiger partial charge in [-0.3, -0.25) is 0 Å². The molecule has 17 heavy (non-hydrogen) atoms. The van der Waals surface area contributed by atoms with Crippen LogP contribution in [-0.4, -0.2) is 33.0 Å². The highest BCUT2D eigenvalue weighted by molar-refractivity contribution is 5.61. The van der Waals surface area contributed by atoms with Crippen LogP contribution in [0.5, 0.6) is 5.75 Å². The van der Waals surface area contributed by atoms with Crippen molar-refractivity contribution in [2.24, 2.45) is 0 Å². The van der Waals surface area contributed by atoms with Crippen LogP contribution in [0.4, 0.5) is 4.39 Å². The quantitative estimate of drug-likeness (QED) is 0.805. The first-order valence-corrected chi connectivity index (χ1v) is 5.35. The van der Waals surface area contributed by atoms with Crippen LogP contribution >= 0.6 is 0 Å². The lowest BCUT2D eigenvalue weighted by Crippen LogP contribution is -2.44. The van der Waals surface area contributed by atoms with Gasteiger partial charge in [-0.15, -0.1) is 0 Å². The van der Waals surface area contributed by atoms with E-state index in [1.54, 1.807) is 20.3 Å². The van der Waals surface area contributed by atoms with Gasteiger partial charge in [0.2, 0.25) is 0 Å². The second kappa shape index (κ2) is 4.85. The van der Waals surface area contributed by atoms with E-state index in [1.165, 1.54) is 12.1 Å². The van der Waals surface area contributed by atoms with E-state index in [4.69, 9.17) is 14.2 Å². The lowest BCUT2D eigenvalue weighted by molar-refractivity contribution is -0.0278. The number of benzene rings is 1. The molecule has 0 saturated heterocycles. The predicted octanol–water partition coefficient (Wildman–Crippen LogP) is 2.26. The molecule has 0 unspecified atom stereocenters. The second-order valence-electron chi connectivity index (χ2n) is 4.05. The number of ether oxygens (including phenoxy) is 3. The molecule has 0 fully saturated rings. The predicted molar refractivity (Wildman–Crippen MR) is 62.5 cm³/mol. The molecule has 1 aromatic carbocycles. The first-order chi connectivity index (χ1) is 8.19. The van der Waals surface area contributed by atoms with Crippen molar-refractivity contribution in [1.82, 2.24) is 0 Å². The average molecular weight is 238 g/mol. The molecule has 1 aliphatic heterocycles. The van der Waals surface area contributed by atoms with Gasteiger partial charge in [0.05, 0.1) is 13.2 Å². The third-order valence-electron chi connectivity index (χ3n) is 2.63. The summed E-state index contributed by atoms with van der Waals surface area (Å²) < 4.78 is 29.2. The second-order valence-corrected chi connectivity index (χ2v) is 4.05. The molecule has 0 spiro atoms. The fraction of sp³-hybridized carbons (Fsp3) is 0.385. The van der Waals surface area contributed by atoms with Gasteiger partial charge in [0.25, 0.3) is 0 Å². The van der Waals surface area contributed by atoms with E-state index in [0.29, 0.717) is 19.0 Å². The van der Waals surface area contributed by atoms with Crippen molar-refractivity contribution in [1.29, 1.82) is 0 Å². The number of methoxy groups -OCH3 is 2. The minimum atomic E-state index is -0.631. The maximum atomic E-state index is 13.0.